The van der Waals surface area contributed by atoms with Crippen LogP contribution in [0.2, 0.25) is 5.02 Å². The van der Waals surface area contributed by atoms with Gasteiger partial charge in [0, 0.05) is 43.7 Å². The molecule has 32 heavy (non-hydrogen) atoms. The van der Waals surface area contributed by atoms with Crippen LogP contribution < -0.4 is 5.32 Å². The highest BCUT2D eigenvalue weighted by atomic mass is 35.5. The van der Waals surface area contributed by atoms with Crippen molar-refractivity contribution in [3.05, 3.63) is 64.9 Å². The zero-order chi connectivity index (χ0) is 23.5. The molecular weight excluding hydrogens is 461 g/mol. The Labute approximate surface area is 189 Å². The minimum atomic E-state index is -4.34. The van der Waals surface area contributed by atoms with Gasteiger partial charge in [-0.05, 0) is 48.5 Å². The average molecular weight is 482 g/mol. The van der Waals surface area contributed by atoms with Crippen molar-refractivity contribution in [2.24, 2.45) is 0 Å². The second-order valence-electron chi connectivity index (χ2n) is 7.19. The Morgan fingerprint density at radius 3 is 2.00 bits per heavy atom. The second-order valence-corrected chi connectivity index (χ2v) is 9.66. The van der Waals surface area contributed by atoms with Crippen molar-refractivity contribution in [3.63, 3.8) is 0 Å². The highest BCUT2D eigenvalue weighted by Gasteiger charge is 2.39. The molecule has 11 heteroatoms. The Bertz CT molecular complexity index is 1120. The lowest BCUT2D eigenvalue weighted by Gasteiger charge is -2.36. The lowest BCUT2D eigenvalue weighted by atomic mass is 10.2. The van der Waals surface area contributed by atoms with Gasteiger partial charge in [-0.3, -0.25) is 14.4 Å². The largest absolute Gasteiger partial charge is 0.339 e. The smallest absolute Gasteiger partial charge is 0.261 e. The molecule has 0 unspecified atom stereocenters. The van der Waals surface area contributed by atoms with E-state index in [0.29, 0.717) is 5.02 Å². The van der Waals surface area contributed by atoms with Crippen LogP contribution in [0.15, 0.2) is 53.4 Å². The van der Waals surface area contributed by atoms with E-state index >= 15 is 0 Å². The third-order valence-corrected chi connectivity index (χ3v) is 7.20. The van der Waals surface area contributed by atoms with Gasteiger partial charge in [0.1, 0.15) is 5.82 Å². The minimum absolute atomic E-state index is 0.00287. The molecule has 8 nitrogen and oxygen atoms in total. The van der Waals surface area contributed by atoms with Crippen molar-refractivity contribution in [1.29, 1.82) is 0 Å². The molecule has 1 atom stereocenters. The number of nitrogens with one attached hydrogen (secondary N) is 1. The molecule has 2 aromatic carbocycles. The van der Waals surface area contributed by atoms with Gasteiger partial charge in [-0.2, -0.15) is 0 Å². The van der Waals surface area contributed by atoms with Crippen molar-refractivity contribution in [1.82, 2.24) is 15.1 Å². The zero-order valence-electron chi connectivity index (χ0n) is 17.1. The molecule has 0 aliphatic carbocycles. The van der Waals surface area contributed by atoms with Gasteiger partial charge in [0.05, 0.1) is 4.90 Å². The van der Waals surface area contributed by atoms with Gasteiger partial charge in [0.15, 0.2) is 0 Å². The molecule has 1 aliphatic heterocycles. The van der Waals surface area contributed by atoms with E-state index in [1.165, 1.54) is 48.2 Å². The van der Waals surface area contributed by atoms with E-state index in [-0.39, 0.29) is 42.5 Å². The summed E-state index contributed by atoms with van der Waals surface area (Å²) < 4.78 is 39.8. The van der Waals surface area contributed by atoms with Crippen molar-refractivity contribution >= 4 is 39.2 Å². The molecule has 0 radical (unpaired) electrons. The lowest BCUT2D eigenvalue weighted by molar-refractivity contribution is -0.138. The van der Waals surface area contributed by atoms with Crippen LogP contribution in [0.1, 0.15) is 17.3 Å². The van der Waals surface area contributed by atoms with E-state index in [4.69, 9.17) is 11.6 Å². The third kappa shape index (κ3) is 5.25. The monoisotopic (exact) mass is 481 g/mol. The number of carbonyl (C=O) groups excluding carboxylic acids is 3. The highest BCUT2D eigenvalue weighted by Crippen LogP contribution is 2.20. The van der Waals surface area contributed by atoms with E-state index in [9.17, 15) is 27.2 Å². The van der Waals surface area contributed by atoms with Gasteiger partial charge in [0.2, 0.25) is 21.1 Å². The van der Waals surface area contributed by atoms with Gasteiger partial charge < -0.3 is 15.1 Å². The summed E-state index contributed by atoms with van der Waals surface area (Å²) in [6.45, 7) is 2.16. The first-order valence-electron chi connectivity index (χ1n) is 9.70. The highest BCUT2D eigenvalue weighted by molar-refractivity contribution is 7.92. The predicted octanol–water partition coefficient (Wildman–Crippen LogP) is 1.70. The number of hydrogen-bond acceptors (Lipinski definition) is 5. The molecule has 170 valence electrons. The summed E-state index contributed by atoms with van der Waals surface area (Å²) in [6, 6.07) is 9.71. The number of carbonyl (C=O) groups is 3. The van der Waals surface area contributed by atoms with Crippen molar-refractivity contribution in [2.45, 2.75) is 17.2 Å². The molecular formula is C21H21ClFN3O5S. The lowest BCUT2D eigenvalue weighted by Crippen LogP contribution is -2.57. The van der Waals surface area contributed by atoms with Crippen LogP contribution in [-0.4, -0.2) is 67.5 Å². The summed E-state index contributed by atoms with van der Waals surface area (Å²) in [5.74, 6) is -2.37. The number of rotatable bonds is 5. The average Bonchev–Trinajstić information content (AvgIpc) is 2.77. The van der Waals surface area contributed by atoms with Crippen LogP contribution in [0.3, 0.4) is 0 Å². The first kappa shape index (κ1) is 23.7. The summed E-state index contributed by atoms with van der Waals surface area (Å²) in [7, 11) is -4.34. The molecule has 0 bridgehead atoms. The minimum Gasteiger partial charge on any atom is -0.339 e. The fourth-order valence-corrected chi connectivity index (χ4v) is 4.83. The normalized spacial score (nSPS) is 15.2. The summed E-state index contributed by atoms with van der Waals surface area (Å²) in [4.78, 5) is 40.1. The molecule has 2 aromatic rings. The van der Waals surface area contributed by atoms with Gasteiger partial charge >= 0.3 is 0 Å². The summed E-state index contributed by atoms with van der Waals surface area (Å²) in [5, 5.41) is 0.679. The number of benzene rings is 2. The van der Waals surface area contributed by atoms with Gasteiger partial charge in [-0.1, -0.05) is 11.6 Å². The molecule has 3 amide bonds. The SMILES string of the molecule is CC(=O)N1CCN(C(=O)[C@H](NC(=O)c2ccc(F)cc2)S(=O)(=O)c2ccc(Cl)cc2)CC1. The van der Waals surface area contributed by atoms with Crippen LogP contribution in [0.25, 0.3) is 0 Å². The van der Waals surface area contributed by atoms with E-state index in [1.54, 1.807) is 4.90 Å². The molecule has 1 N–H and O–H groups in total. The van der Waals surface area contributed by atoms with Crippen molar-refractivity contribution in [3.8, 4) is 0 Å². The molecule has 1 saturated heterocycles. The fourth-order valence-electron chi connectivity index (χ4n) is 3.24. The Morgan fingerprint density at radius 2 is 1.47 bits per heavy atom. The Hall–Kier alpha value is -2.98. The number of hydrogen-bond donors (Lipinski definition) is 1. The van der Waals surface area contributed by atoms with Crippen molar-refractivity contribution < 1.29 is 27.2 Å². The molecule has 1 aliphatic rings. The first-order valence-corrected chi connectivity index (χ1v) is 11.6. The number of amides is 3. The topological polar surface area (TPSA) is 104 Å². The Balaban J connectivity index is 1.90. The third-order valence-electron chi connectivity index (χ3n) is 5.08. The maximum absolute atomic E-state index is 13.3. The Morgan fingerprint density at radius 1 is 0.938 bits per heavy atom. The van der Waals surface area contributed by atoms with Crippen LogP contribution in [0.4, 0.5) is 4.39 Å². The fraction of sp³-hybridized carbons (Fsp3) is 0.286. The molecule has 1 heterocycles. The summed E-state index contributed by atoms with van der Waals surface area (Å²) in [5.41, 5.74) is -0.00287. The van der Waals surface area contributed by atoms with E-state index in [2.05, 4.69) is 5.32 Å². The zero-order valence-corrected chi connectivity index (χ0v) is 18.7. The number of piperazine rings is 1. The maximum Gasteiger partial charge on any atom is 0.261 e. The van der Waals surface area contributed by atoms with Crippen LogP contribution >= 0.6 is 11.6 Å². The summed E-state index contributed by atoms with van der Waals surface area (Å²) in [6.07, 6.45) is 0. The van der Waals surface area contributed by atoms with Crippen LogP contribution in [0, 0.1) is 5.82 Å². The standard InChI is InChI=1S/C21H21ClFN3O5S/c1-14(27)25-10-12-26(13-11-25)21(29)20(24-19(28)15-2-6-17(23)7-3-15)32(30,31)18-8-4-16(22)5-9-18/h2-9,20H,10-13H2,1H3,(H,24,28)/t20-/m1/s1. The van der Waals surface area contributed by atoms with E-state index in [0.717, 1.165) is 12.1 Å². The predicted molar refractivity (Wildman–Crippen MR) is 115 cm³/mol. The Kier molecular flexibility index (Phi) is 7.15. The van der Waals surface area contributed by atoms with E-state index < -0.39 is 32.8 Å². The molecule has 0 saturated carbocycles. The molecule has 3 rings (SSSR count). The van der Waals surface area contributed by atoms with Crippen LogP contribution in [-0.2, 0) is 19.4 Å². The first-order chi connectivity index (χ1) is 15.1. The second kappa shape index (κ2) is 9.66. The number of halogens is 2. The molecule has 0 aromatic heterocycles. The van der Waals surface area contributed by atoms with Gasteiger partial charge in [0.25, 0.3) is 11.8 Å². The quantitative estimate of drug-likeness (QED) is 0.700. The number of sulfone groups is 1. The summed E-state index contributed by atoms with van der Waals surface area (Å²) >= 11 is 5.84. The number of nitrogens with zero attached hydrogens (tertiary/aromatic N) is 2. The molecule has 1 fully saturated rings. The molecule has 0 spiro atoms. The van der Waals surface area contributed by atoms with E-state index in [1.807, 2.05) is 0 Å². The van der Waals surface area contributed by atoms with Gasteiger partial charge in [-0.25, -0.2) is 12.8 Å². The van der Waals surface area contributed by atoms with Gasteiger partial charge in [-0.15, -0.1) is 0 Å². The van der Waals surface area contributed by atoms with Crippen molar-refractivity contribution in [2.75, 3.05) is 26.2 Å². The van der Waals surface area contributed by atoms with Crippen LogP contribution in [0.5, 0.6) is 0 Å². The maximum atomic E-state index is 13.3.